The zero-order valence-corrected chi connectivity index (χ0v) is 20.3. The van der Waals surface area contributed by atoms with Gasteiger partial charge in [-0.1, -0.05) is 18.2 Å². The third-order valence-corrected chi connectivity index (χ3v) is 7.14. The summed E-state index contributed by atoms with van der Waals surface area (Å²) in [4.78, 5) is 53.2. The first-order valence-electron chi connectivity index (χ1n) is 12.3. The maximum absolute atomic E-state index is 12.9. The zero-order chi connectivity index (χ0) is 25.2. The molecule has 188 valence electrons. The molecule has 9 heteroatoms. The van der Waals surface area contributed by atoms with Crippen LogP contribution in [-0.4, -0.2) is 65.8 Å². The molecule has 1 atom stereocenters. The number of aryl methyl sites for hydroxylation is 1. The van der Waals surface area contributed by atoms with Crippen LogP contribution in [0, 0.1) is 6.92 Å². The number of carbonyl (C=O) groups excluding carboxylic acids is 4. The van der Waals surface area contributed by atoms with Crippen LogP contribution in [0.1, 0.15) is 55.8 Å². The Morgan fingerprint density at radius 2 is 1.92 bits per heavy atom. The molecule has 3 aliphatic heterocycles. The summed E-state index contributed by atoms with van der Waals surface area (Å²) in [6.07, 6.45) is 0.555. The number of amides is 4. The summed E-state index contributed by atoms with van der Waals surface area (Å²) in [6.45, 7) is 6.85. The number of imide groups is 1. The van der Waals surface area contributed by atoms with Crippen LogP contribution in [-0.2, 0) is 34.0 Å². The van der Waals surface area contributed by atoms with Gasteiger partial charge in [0, 0.05) is 50.3 Å². The molecule has 1 unspecified atom stereocenters. The lowest BCUT2D eigenvalue weighted by Gasteiger charge is -2.29. The fourth-order valence-corrected chi connectivity index (χ4v) is 5.04. The summed E-state index contributed by atoms with van der Waals surface area (Å²) in [7, 11) is 0. The Kier molecular flexibility index (Phi) is 6.84. The third-order valence-electron chi connectivity index (χ3n) is 7.14. The molecule has 2 aromatic rings. The second kappa shape index (κ2) is 10.2. The Balaban J connectivity index is 1.19. The fraction of sp³-hybridized carbons (Fsp3) is 0.407. The molecule has 36 heavy (non-hydrogen) atoms. The van der Waals surface area contributed by atoms with Crippen LogP contribution in [0.2, 0.25) is 0 Å². The molecular weight excluding hydrogens is 460 g/mol. The normalized spacial score (nSPS) is 20.3. The molecule has 0 aliphatic carbocycles. The number of rotatable bonds is 6. The van der Waals surface area contributed by atoms with Crippen LogP contribution in [0.3, 0.4) is 0 Å². The minimum absolute atomic E-state index is 0.155. The van der Waals surface area contributed by atoms with Gasteiger partial charge in [0.25, 0.3) is 11.8 Å². The Labute approximate surface area is 209 Å². The number of benzene rings is 2. The van der Waals surface area contributed by atoms with E-state index in [1.54, 1.807) is 6.07 Å². The highest BCUT2D eigenvalue weighted by Gasteiger charge is 2.39. The van der Waals surface area contributed by atoms with Gasteiger partial charge in [-0.2, -0.15) is 0 Å². The smallest absolute Gasteiger partial charge is 0.255 e. The first kappa shape index (κ1) is 24.1. The second-order valence-corrected chi connectivity index (χ2v) is 9.60. The van der Waals surface area contributed by atoms with Crippen LogP contribution in [0.15, 0.2) is 36.4 Å². The van der Waals surface area contributed by atoms with Crippen molar-refractivity contribution in [1.29, 1.82) is 0 Å². The van der Waals surface area contributed by atoms with Gasteiger partial charge in [-0.25, -0.2) is 0 Å². The molecule has 0 saturated carbocycles. The van der Waals surface area contributed by atoms with Gasteiger partial charge in [0.1, 0.15) is 6.04 Å². The van der Waals surface area contributed by atoms with Crippen LogP contribution < -0.4 is 10.6 Å². The van der Waals surface area contributed by atoms with Gasteiger partial charge in [0.2, 0.25) is 11.8 Å². The van der Waals surface area contributed by atoms with E-state index in [1.807, 2.05) is 37.3 Å². The lowest BCUT2D eigenvalue weighted by atomic mass is 10.0. The zero-order valence-electron chi connectivity index (χ0n) is 20.3. The van der Waals surface area contributed by atoms with Crippen molar-refractivity contribution in [1.82, 2.24) is 20.4 Å². The van der Waals surface area contributed by atoms with E-state index in [1.165, 1.54) is 10.5 Å². The van der Waals surface area contributed by atoms with Gasteiger partial charge in [-0.3, -0.25) is 29.4 Å². The van der Waals surface area contributed by atoms with Crippen molar-refractivity contribution in [3.8, 4) is 0 Å². The van der Waals surface area contributed by atoms with Crippen LogP contribution in [0.4, 0.5) is 0 Å². The van der Waals surface area contributed by atoms with E-state index in [4.69, 9.17) is 4.74 Å². The number of fused-ring (bicyclic) bond motifs is 1. The molecule has 2 saturated heterocycles. The van der Waals surface area contributed by atoms with Gasteiger partial charge in [-0.15, -0.1) is 0 Å². The Hall–Kier alpha value is -3.56. The summed E-state index contributed by atoms with van der Waals surface area (Å²) < 4.78 is 5.41. The largest absolute Gasteiger partial charge is 0.379 e. The molecule has 0 spiro atoms. The van der Waals surface area contributed by atoms with Crippen molar-refractivity contribution in [2.24, 2.45) is 0 Å². The standard InChI is InChI=1S/C27H30N4O5/c1-17-12-19(3-4-20(17)15-30-8-10-36-11-9-30)25(33)28-14-18-2-5-22-21(13-18)16-31(27(22)35)23-6-7-24(32)29-26(23)34/h2-5,12-13,23H,6-11,14-16H2,1H3,(H,28,33)(H,29,32,34). The maximum Gasteiger partial charge on any atom is 0.255 e. The SMILES string of the molecule is Cc1cc(C(=O)NCc2ccc3c(c2)CN(C2CCC(=O)NC2=O)C3=O)ccc1CN1CCOCC1. The average molecular weight is 491 g/mol. The van der Waals surface area contributed by atoms with Crippen molar-refractivity contribution < 1.29 is 23.9 Å². The first-order chi connectivity index (χ1) is 17.4. The lowest BCUT2D eigenvalue weighted by Crippen LogP contribution is -2.52. The minimum atomic E-state index is -0.639. The summed E-state index contributed by atoms with van der Waals surface area (Å²) in [6, 6.07) is 10.6. The summed E-state index contributed by atoms with van der Waals surface area (Å²) in [5, 5.41) is 5.28. The number of piperidine rings is 1. The number of morpholine rings is 1. The molecule has 2 N–H and O–H groups in total. The number of hydrogen-bond acceptors (Lipinski definition) is 6. The predicted octanol–water partition coefficient (Wildman–Crippen LogP) is 1.52. The van der Waals surface area contributed by atoms with Gasteiger partial charge >= 0.3 is 0 Å². The van der Waals surface area contributed by atoms with E-state index in [0.717, 1.165) is 49.5 Å². The van der Waals surface area contributed by atoms with Crippen molar-refractivity contribution in [3.05, 3.63) is 69.8 Å². The van der Waals surface area contributed by atoms with Crippen molar-refractivity contribution >= 4 is 23.6 Å². The number of hydrogen-bond donors (Lipinski definition) is 2. The molecule has 0 radical (unpaired) electrons. The molecule has 3 aliphatic rings. The van der Waals surface area contributed by atoms with E-state index in [0.29, 0.717) is 30.6 Å². The molecule has 2 aromatic carbocycles. The highest BCUT2D eigenvalue weighted by atomic mass is 16.5. The molecule has 4 amide bonds. The number of nitrogens with zero attached hydrogens (tertiary/aromatic N) is 2. The molecule has 0 bridgehead atoms. The van der Waals surface area contributed by atoms with Gasteiger partial charge in [-0.05, 0) is 53.8 Å². The number of nitrogens with one attached hydrogen (secondary N) is 2. The van der Waals surface area contributed by atoms with Gasteiger partial charge in [0.15, 0.2) is 0 Å². The molecule has 5 rings (SSSR count). The Morgan fingerprint density at radius 1 is 1.11 bits per heavy atom. The van der Waals surface area contributed by atoms with E-state index < -0.39 is 11.9 Å². The maximum atomic E-state index is 12.9. The van der Waals surface area contributed by atoms with Crippen molar-refractivity contribution in [2.75, 3.05) is 26.3 Å². The highest BCUT2D eigenvalue weighted by molar-refractivity contribution is 6.05. The topological polar surface area (TPSA) is 108 Å². The van der Waals surface area contributed by atoms with E-state index >= 15 is 0 Å². The summed E-state index contributed by atoms with van der Waals surface area (Å²) in [5.74, 6) is -1.09. The van der Waals surface area contributed by atoms with E-state index in [2.05, 4.69) is 15.5 Å². The second-order valence-electron chi connectivity index (χ2n) is 9.60. The quantitative estimate of drug-likeness (QED) is 0.595. The van der Waals surface area contributed by atoms with Gasteiger partial charge in [0.05, 0.1) is 13.2 Å². The lowest BCUT2D eigenvalue weighted by molar-refractivity contribution is -0.136. The van der Waals surface area contributed by atoms with Crippen molar-refractivity contribution in [2.45, 2.75) is 45.4 Å². The summed E-state index contributed by atoms with van der Waals surface area (Å²) in [5.41, 5.74) is 5.15. The number of ether oxygens (including phenoxy) is 1. The predicted molar refractivity (Wildman–Crippen MR) is 131 cm³/mol. The fourth-order valence-electron chi connectivity index (χ4n) is 5.04. The first-order valence-corrected chi connectivity index (χ1v) is 12.3. The minimum Gasteiger partial charge on any atom is -0.379 e. The molecule has 3 heterocycles. The number of carbonyl (C=O) groups is 4. The van der Waals surface area contributed by atoms with E-state index in [-0.39, 0.29) is 24.1 Å². The monoisotopic (exact) mass is 490 g/mol. The van der Waals surface area contributed by atoms with Crippen molar-refractivity contribution in [3.63, 3.8) is 0 Å². The average Bonchev–Trinajstić information content (AvgIpc) is 3.19. The van der Waals surface area contributed by atoms with Crippen LogP contribution in [0.25, 0.3) is 0 Å². The Bertz CT molecular complexity index is 1220. The molecule has 2 fully saturated rings. The molecular formula is C27H30N4O5. The highest BCUT2D eigenvalue weighted by Crippen LogP contribution is 2.28. The molecule has 0 aromatic heterocycles. The molecule has 9 nitrogen and oxygen atoms in total. The third kappa shape index (κ3) is 5.03. The van der Waals surface area contributed by atoms with E-state index in [9.17, 15) is 19.2 Å². The summed E-state index contributed by atoms with van der Waals surface area (Å²) >= 11 is 0. The van der Waals surface area contributed by atoms with Gasteiger partial charge < -0.3 is 15.0 Å². The van der Waals surface area contributed by atoms with Crippen LogP contribution >= 0.6 is 0 Å². The van der Waals surface area contributed by atoms with Crippen LogP contribution in [0.5, 0.6) is 0 Å². The Morgan fingerprint density at radius 3 is 2.67 bits per heavy atom.